The number of hydrogen-bond acceptors (Lipinski definition) is 2. The highest BCUT2D eigenvalue weighted by Crippen LogP contribution is 2.45. The van der Waals surface area contributed by atoms with Gasteiger partial charge in [-0.1, -0.05) is 97.1 Å². The molecule has 0 aliphatic heterocycles. The number of imidazole rings is 1. The lowest BCUT2D eigenvalue weighted by atomic mass is 9.85. The number of rotatable bonds is 4. The van der Waals surface area contributed by atoms with E-state index in [1.54, 1.807) is 0 Å². The van der Waals surface area contributed by atoms with E-state index >= 15 is 0 Å². The van der Waals surface area contributed by atoms with E-state index in [0.717, 1.165) is 66.1 Å². The van der Waals surface area contributed by atoms with E-state index in [-0.39, 0.29) is 5.82 Å². The van der Waals surface area contributed by atoms with Gasteiger partial charge in [0.15, 0.2) is 0 Å². The van der Waals surface area contributed by atoms with Crippen LogP contribution in [-0.2, 0) is 0 Å². The average molecular weight is 541 g/mol. The highest BCUT2D eigenvalue weighted by Gasteiger charge is 2.20. The number of aromatic nitrogens is 3. The molecule has 198 valence electrons. The maximum absolute atomic E-state index is 8.38. The first-order chi connectivity index (χ1) is 22.0. The number of aryl methyl sites for hydroxylation is 1. The van der Waals surface area contributed by atoms with Crippen LogP contribution in [0.4, 0.5) is 0 Å². The standard InChI is InChI=1S/C39H27N3/c1-26-41-35-18-7-9-20-37(35)42(26)36-19-8-6-17-34(36)39-32-15-4-2-13-30(32)38(31-14-3-5-16-33(31)39)29-12-10-11-28(25-29)27-21-23-40-24-22-27/h2-25H,1H3/i1D3. The van der Waals surface area contributed by atoms with Crippen molar-refractivity contribution in [2.75, 3.05) is 0 Å². The maximum atomic E-state index is 8.38. The van der Waals surface area contributed by atoms with Crippen molar-refractivity contribution < 1.29 is 4.11 Å². The number of benzene rings is 6. The highest BCUT2D eigenvalue weighted by atomic mass is 15.1. The number of fused-ring (bicyclic) bond motifs is 3. The molecule has 0 saturated carbocycles. The maximum Gasteiger partial charge on any atom is 0.111 e. The van der Waals surface area contributed by atoms with Crippen molar-refractivity contribution in [3.05, 3.63) is 152 Å². The summed E-state index contributed by atoms with van der Waals surface area (Å²) in [5.41, 5.74) is 8.71. The van der Waals surface area contributed by atoms with E-state index in [1.807, 2.05) is 71.6 Å². The molecule has 0 aliphatic carbocycles. The van der Waals surface area contributed by atoms with Crippen LogP contribution >= 0.6 is 0 Å². The van der Waals surface area contributed by atoms with E-state index in [2.05, 4.69) is 88.8 Å². The van der Waals surface area contributed by atoms with Crippen LogP contribution in [0.3, 0.4) is 0 Å². The second-order valence-electron chi connectivity index (χ2n) is 10.4. The van der Waals surface area contributed by atoms with Gasteiger partial charge in [0.05, 0.1) is 16.7 Å². The Kier molecular flexibility index (Phi) is 4.97. The Labute approximate surface area is 248 Å². The Bertz CT molecular complexity index is 2320. The molecule has 2 heterocycles. The van der Waals surface area contributed by atoms with E-state index < -0.39 is 6.85 Å². The summed E-state index contributed by atoms with van der Waals surface area (Å²) in [6, 6.07) is 45.4. The smallest absolute Gasteiger partial charge is 0.111 e. The summed E-state index contributed by atoms with van der Waals surface area (Å²) in [5.74, 6) is 0.0503. The Hall–Kier alpha value is -5.54. The fourth-order valence-electron chi connectivity index (χ4n) is 6.28. The molecule has 0 bridgehead atoms. The van der Waals surface area contributed by atoms with Gasteiger partial charge in [0, 0.05) is 22.1 Å². The second kappa shape index (κ2) is 9.83. The van der Waals surface area contributed by atoms with Crippen molar-refractivity contribution >= 4 is 32.6 Å². The molecule has 0 atom stereocenters. The van der Waals surface area contributed by atoms with Crippen molar-refractivity contribution in [2.24, 2.45) is 0 Å². The highest BCUT2D eigenvalue weighted by molar-refractivity contribution is 6.22. The zero-order chi connectivity index (χ0) is 30.5. The molecule has 0 fully saturated rings. The summed E-state index contributed by atoms with van der Waals surface area (Å²) in [4.78, 5) is 8.80. The lowest BCUT2D eigenvalue weighted by molar-refractivity contribution is 1.00. The minimum atomic E-state index is -2.40. The van der Waals surface area contributed by atoms with Crippen LogP contribution in [0.25, 0.3) is 71.6 Å². The minimum Gasteiger partial charge on any atom is -0.296 e. The Balaban J connectivity index is 1.46. The van der Waals surface area contributed by atoms with Gasteiger partial charge in [-0.25, -0.2) is 4.98 Å². The minimum absolute atomic E-state index is 0.0503. The van der Waals surface area contributed by atoms with Gasteiger partial charge in [-0.3, -0.25) is 9.55 Å². The molecule has 0 aliphatic rings. The number of pyridine rings is 1. The summed E-state index contributed by atoms with van der Waals surface area (Å²) < 4.78 is 27.0. The first kappa shape index (κ1) is 21.2. The molecule has 3 heteroatoms. The van der Waals surface area contributed by atoms with Crippen molar-refractivity contribution in [2.45, 2.75) is 6.85 Å². The van der Waals surface area contributed by atoms with Crippen LogP contribution in [-0.4, -0.2) is 14.5 Å². The summed E-state index contributed by atoms with van der Waals surface area (Å²) in [6.07, 6.45) is 3.64. The molecule has 0 spiro atoms. The van der Waals surface area contributed by atoms with E-state index in [9.17, 15) is 0 Å². The summed E-state index contributed by atoms with van der Waals surface area (Å²) in [5, 5.41) is 4.43. The molecule has 6 aromatic carbocycles. The van der Waals surface area contributed by atoms with Gasteiger partial charge in [-0.15, -0.1) is 0 Å². The average Bonchev–Trinajstić information content (AvgIpc) is 3.48. The van der Waals surface area contributed by atoms with E-state index in [4.69, 9.17) is 4.11 Å². The molecular formula is C39H27N3. The monoisotopic (exact) mass is 540 g/mol. The van der Waals surface area contributed by atoms with E-state index in [0.29, 0.717) is 5.52 Å². The molecular weight excluding hydrogens is 510 g/mol. The van der Waals surface area contributed by atoms with Gasteiger partial charge in [0.2, 0.25) is 0 Å². The van der Waals surface area contributed by atoms with Crippen molar-refractivity contribution in [1.82, 2.24) is 14.5 Å². The fourth-order valence-corrected chi connectivity index (χ4v) is 6.28. The van der Waals surface area contributed by atoms with E-state index in [1.165, 1.54) is 0 Å². The van der Waals surface area contributed by atoms with Crippen LogP contribution in [0.2, 0.25) is 0 Å². The van der Waals surface area contributed by atoms with Gasteiger partial charge >= 0.3 is 0 Å². The van der Waals surface area contributed by atoms with Crippen LogP contribution in [0.1, 0.15) is 9.94 Å². The number of nitrogens with zero attached hydrogens (tertiary/aromatic N) is 3. The third-order valence-electron chi connectivity index (χ3n) is 8.07. The normalized spacial score (nSPS) is 12.8. The molecule has 0 saturated heterocycles. The van der Waals surface area contributed by atoms with Gasteiger partial charge in [0.1, 0.15) is 5.82 Å². The van der Waals surface area contributed by atoms with Crippen LogP contribution in [0, 0.1) is 6.85 Å². The third kappa shape index (κ3) is 3.82. The van der Waals surface area contributed by atoms with Crippen molar-refractivity contribution in [3.63, 3.8) is 0 Å². The molecule has 8 aromatic rings. The lowest BCUT2D eigenvalue weighted by Gasteiger charge is -2.20. The lowest BCUT2D eigenvalue weighted by Crippen LogP contribution is -2.00. The topological polar surface area (TPSA) is 30.7 Å². The number of para-hydroxylation sites is 3. The van der Waals surface area contributed by atoms with Crippen LogP contribution in [0.15, 0.2) is 146 Å². The number of hydrogen-bond donors (Lipinski definition) is 0. The van der Waals surface area contributed by atoms with Gasteiger partial charge < -0.3 is 0 Å². The largest absolute Gasteiger partial charge is 0.296 e. The molecule has 42 heavy (non-hydrogen) atoms. The first-order valence-corrected chi connectivity index (χ1v) is 14.0. The van der Waals surface area contributed by atoms with Gasteiger partial charge in [-0.2, -0.15) is 0 Å². The zero-order valence-corrected chi connectivity index (χ0v) is 22.7. The fraction of sp³-hybridized carbons (Fsp3) is 0.0256. The first-order valence-electron chi connectivity index (χ1n) is 15.5. The van der Waals surface area contributed by atoms with Gasteiger partial charge in [0.25, 0.3) is 0 Å². The molecule has 0 amide bonds. The molecule has 2 aromatic heterocycles. The predicted octanol–water partition coefficient (Wildman–Crippen LogP) is 10.0. The quantitative estimate of drug-likeness (QED) is 0.208. The van der Waals surface area contributed by atoms with Crippen molar-refractivity contribution in [1.29, 1.82) is 0 Å². The van der Waals surface area contributed by atoms with Crippen LogP contribution in [0.5, 0.6) is 0 Å². The van der Waals surface area contributed by atoms with Crippen molar-refractivity contribution in [3.8, 4) is 39.1 Å². The Morgan fingerprint density at radius 1 is 0.548 bits per heavy atom. The third-order valence-corrected chi connectivity index (χ3v) is 8.07. The Morgan fingerprint density at radius 3 is 1.90 bits per heavy atom. The Morgan fingerprint density at radius 2 is 1.17 bits per heavy atom. The zero-order valence-electron chi connectivity index (χ0n) is 25.7. The molecule has 0 N–H and O–H groups in total. The second-order valence-corrected chi connectivity index (χ2v) is 10.4. The SMILES string of the molecule is [2H]C([2H])([2H])c1nc2ccccc2n1-c1ccccc1-c1c2ccccc2c(-c2cccc(-c3ccncc3)c2)c2ccccc12. The summed E-state index contributed by atoms with van der Waals surface area (Å²) in [6.45, 7) is -2.40. The molecule has 8 rings (SSSR count). The molecule has 0 unspecified atom stereocenters. The predicted molar refractivity (Wildman–Crippen MR) is 175 cm³/mol. The summed E-state index contributed by atoms with van der Waals surface area (Å²) >= 11 is 0. The summed E-state index contributed by atoms with van der Waals surface area (Å²) in [7, 11) is 0. The molecule has 3 nitrogen and oxygen atoms in total. The van der Waals surface area contributed by atoms with Gasteiger partial charge in [-0.05, 0) is 92.6 Å². The van der Waals surface area contributed by atoms with Crippen LogP contribution < -0.4 is 0 Å². The molecule has 0 radical (unpaired) electrons.